The third-order valence-corrected chi connectivity index (χ3v) is 6.29. The molecule has 11 nitrogen and oxygen atoms in total. The van der Waals surface area contributed by atoms with Crippen molar-refractivity contribution in [3.05, 3.63) is 47.3 Å². The Morgan fingerprint density at radius 1 is 1.22 bits per heavy atom. The third-order valence-electron chi connectivity index (χ3n) is 6.29. The van der Waals surface area contributed by atoms with Gasteiger partial charge in [-0.3, -0.25) is 9.30 Å². The number of amides is 1. The summed E-state index contributed by atoms with van der Waals surface area (Å²) in [5.41, 5.74) is 1.34. The van der Waals surface area contributed by atoms with Gasteiger partial charge in [-0.25, -0.2) is 18.9 Å². The Labute approximate surface area is 211 Å². The molecule has 3 aromatic heterocycles. The molecule has 192 valence electrons. The number of carbonyl (C=O) groups excluding carboxylic acids is 1. The minimum absolute atomic E-state index is 0.105. The van der Waals surface area contributed by atoms with Crippen molar-refractivity contribution < 1.29 is 23.4 Å². The molecule has 12 heteroatoms. The predicted molar refractivity (Wildman–Crippen MR) is 130 cm³/mol. The maximum Gasteiger partial charge on any atom is 0.416 e. The number of ether oxygens (including phenoxy) is 3. The van der Waals surface area contributed by atoms with E-state index in [2.05, 4.69) is 20.3 Å². The van der Waals surface area contributed by atoms with E-state index in [1.165, 1.54) is 17.3 Å². The fraction of sp³-hybridized carbons (Fsp3) is 0.400. The molecule has 0 aliphatic carbocycles. The molecule has 0 spiro atoms. The van der Waals surface area contributed by atoms with Crippen LogP contribution < -0.4 is 14.4 Å². The highest BCUT2D eigenvalue weighted by Gasteiger charge is 2.36. The highest BCUT2D eigenvalue weighted by Crippen LogP contribution is 2.41. The molecule has 2 bridgehead atoms. The smallest absolute Gasteiger partial charge is 0.416 e. The van der Waals surface area contributed by atoms with Crippen molar-refractivity contribution in [2.24, 2.45) is 7.05 Å². The SMILES string of the molecule is Cc1nc(-c2cc3c(n4cnnc24)N(C(=O)OC(C)(C)C)Cc2c(F)ccc4c2CC(CO3)O4)n(C)n1. The van der Waals surface area contributed by atoms with Gasteiger partial charge in [-0.1, -0.05) is 0 Å². The summed E-state index contributed by atoms with van der Waals surface area (Å²) >= 11 is 0. The molecule has 37 heavy (non-hydrogen) atoms. The van der Waals surface area contributed by atoms with E-state index in [9.17, 15) is 4.79 Å². The Morgan fingerprint density at radius 3 is 2.76 bits per heavy atom. The van der Waals surface area contributed by atoms with Crippen LogP contribution in [0.5, 0.6) is 11.5 Å². The number of fused-ring (bicyclic) bond motifs is 4. The number of hydrogen-bond acceptors (Lipinski definition) is 8. The molecule has 0 N–H and O–H groups in total. The number of carbonyl (C=O) groups is 1. The van der Waals surface area contributed by atoms with E-state index in [0.717, 1.165) is 5.56 Å². The van der Waals surface area contributed by atoms with E-state index < -0.39 is 17.5 Å². The van der Waals surface area contributed by atoms with Crippen LogP contribution in [0.3, 0.4) is 0 Å². The number of aryl methyl sites for hydroxylation is 2. The van der Waals surface area contributed by atoms with Crippen LogP contribution in [-0.2, 0) is 24.8 Å². The Morgan fingerprint density at radius 2 is 2.03 bits per heavy atom. The van der Waals surface area contributed by atoms with E-state index >= 15 is 4.39 Å². The van der Waals surface area contributed by atoms with Crippen molar-refractivity contribution in [1.29, 1.82) is 0 Å². The van der Waals surface area contributed by atoms with Gasteiger partial charge in [-0.2, -0.15) is 5.10 Å². The standard InChI is InChI=1S/C25H26FN7O4/c1-13-28-21(31(5)30-13)16-9-20-23(33-12-27-29-22(16)33)32(24(34)37-25(2,3)4)10-17-15-8-14(11-35-20)36-19(15)7-6-18(17)26/h6-7,9,12,14H,8,10-11H2,1-5H3. The monoisotopic (exact) mass is 507 g/mol. The van der Waals surface area contributed by atoms with Gasteiger partial charge in [0.15, 0.2) is 23.0 Å². The van der Waals surface area contributed by atoms with Gasteiger partial charge in [0, 0.05) is 24.6 Å². The first kappa shape index (κ1) is 23.2. The summed E-state index contributed by atoms with van der Waals surface area (Å²) in [7, 11) is 1.78. The van der Waals surface area contributed by atoms with Crippen LogP contribution >= 0.6 is 0 Å². The zero-order chi connectivity index (χ0) is 26.1. The molecular weight excluding hydrogens is 481 g/mol. The number of rotatable bonds is 1. The van der Waals surface area contributed by atoms with E-state index in [1.807, 2.05) is 0 Å². The van der Waals surface area contributed by atoms with Gasteiger partial charge in [0.05, 0.1) is 12.1 Å². The van der Waals surface area contributed by atoms with Crippen LogP contribution in [-0.4, -0.2) is 53.8 Å². The quantitative estimate of drug-likeness (QED) is 0.384. The van der Waals surface area contributed by atoms with Crippen LogP contribution in [0.25, 0.3) is 17.0 Å². The summed E-state index contributed by atoms with van der Waals surface area (Å²) in [5, 5.41) is 12.8. The number of benzene rings is 1. The minimum atomic E-state index is -0.790. The average molecular weight is 508 g/mol. The zero-order valence-electron chi connectivity index (χ0n) is 21.1. The van der Waals surface area contributed by atoms with Crippen LogP contribution in [0, 0.1) is 12.7 Å². The number of nitrogens with zero attached hydrogens (tertiary/aromatic N) is 7. The number of aromatic nitrogens is 6. The molecule has 1 aromatic carbocycles. The van der Waals surface area contributed by atoms with Gasteiger partial charge in [-0.15, -0.1) is 10.2 Å². The lowest BCUT2D eigenvalue weighted by Crippen LogP contribution is -2.38. The van der Waals surface area contributed by atoms with Gasteiger partial charge in [0.25, 0.3) is 0 Å². The van der Waals surface area contributed by atoms with Crippen LogP contribution in [0.15, 0.2) is 24.5 Å². The Hall–Kier alpha value is -4.22. The fourth-order valence-corrected chi connectivity index (χ4v) is 4.81. The van der Waals surface area contributed by atoms with Crippen molar-refractivity contribution in [3.8, 4) is 22.9 Å². The number of hydrogen-bond donors (Lipinski definition) is 0. The van der Waals surface area contributed by atoms with Gasteiger partial charge >= 0.3 is 6.09 Å². The molecule has 1 unspecified atom stereocenters. The first-order chi connectivity index (χ1) is 17.6. The molecule has 4 aromatic rings. The first-order valence-electron chi connectivity index (χ1n) is 11.9. The van der Waals surface area contributed by atoms with Gasteiger partial charge < -0.3 is 14.2 Å². The second-order valence-electron chi connectivity index (χ2n) is 10.2. The van der Waals surface area contributed by atoms with Crippen LogP contribution in [0.1, 0.15) is 37.7 Å². The van der Waals surface area contributed by atoms with E-state index in [-0.39, 0.29) is 19.3 Å². The van der Waals surface area contributed by atoms with E-state index in [4.69, 9.17) is 14.2 Å². The summed E-state index contributed by atoms with van der Waals surface area (Å²) in [4.78, 5) is 19.6. The minimum Gasteiger partial charge on any atom is -0.486 e. The van der Waals surface area contributed by atoms with Gasteiger partial charge in [-0.05, 0) is 45.9 Å². The van der Waals surface area contributed by atoms with Crippen molar-refractivity contribution in [2.75, 3.05) is 11.5 Å². The molecule has 2 aliphatic heterocycles. The summed E-state index contributed by atoms with van der Waals surface area (Å²) in [6, 6.07) is 4.73. The molecule has 2 aliphatic rings. The molecule has 0 radical (unpaired) electrons. The first-order valence-corrected chi connectivity index (χ1v) is 11.9. The maximum absolute atomic E-state index is 15.2. The highest BCUT2D eigenvalue weighted by atomic mass is 19.1. The van der Waals surface area contributed by atoms with Crippen molar-refractivity contribution in [2.45, 2.75) is 52.4 Å². The summed E-state index contributed by atoms with van der Waals surface area (Å²) in [5.74, 6) is 1.97. The molecule has 1 amide bonds. The van der Waals surface area contributed by atoms with E-state index in [1.54, 1.807) is 56.0 Å². The Bertz CT molecular complexity index is 1550. The predicted octanol–water partition coefficient (Wildman–Crippen LogP) is 3.61. The van der Waals surface area contributed by atoms with E-state index in [0.29, 0.717) is 52.2 Å². The largest absolute Gasteiger partial charge is 0.486 e. The highest BCUT2D eigenvalue weighted by molar-refractivity contribution is 5.91. The topological polar surface area (TPSA) is 109 Å². The Kier molecular flexibility index (Phi) is 5.11. The number of pyridine rings is 1. The molecular formula is C25H26FN7O4. The second-order valence-corrected chi connectivity index (χ2v) is 10.2. The lowest BCUT2D eigenvalue weighted by Gasteiger charge is -2.30. The number of anilines is 1. The summed E-state index contributed by atoms with van der Waals surface area (Å²) in [6.45, 7) is 7.19. The van der Waals surface area contributed by atoms with Crippen molar-refractivity contribution in [1.82, 2.24) is 29.4 Å². The summed E-state index contributed by atoms with van der Waals surface area (Å²) in [6.07, 6.45) is 0.968. The molecule has 0 fully saturated rings. The Balaban J connectivity index is 1.60. The molecule has 0 saturated carbocycles. The van der Waals surface area contributed by atoms with Gasteiger partial charge in [0.2, 0.25) is 0 Å². The van der Waals surface area contributed by atoms with Crippen LogP contribution in [0.4, 0.5) is 15.0 Å². The number of halogens is 1. The second kappa shape index (κ2) is 8.15. The normalized spacial score (nSPS) is 16.8. The maximum atomic E-state index is 15.2. The molecule has 1 atom stereocenters. The lowest BCUT2D eigenvalue weighted by molar-refractivity contribution is 0.0573. The van der Waals surface area contributed by atoms with Crippen molar-refractivity contribution in [3.63, 3.8) is 0 Å². The molecule has 0 saturated heterocycles. The van der Waals surface area contributed by atoms with Gasteiger partial charge in [0.1, 0.15) is 42.0 Å². The third kappa shape index (κ3) is 3.92. The lowest BCUT2D eigenvalue weighted by atomic mass is 10.0. The fourth-order valence-electron chi connectivity index (χ4n) is 4.81. The molecule has 6 rings (SSSR count). The van der Waals surface area contributed by atoms with Crippen molar-refractivity contribution >= 4 is 17.6 Å². The average Bonchev–Trinajstić information content (AvgIpc) is 3.53. The van der Waals surface area contributed by atoms with Crippen LogP contribution in [0.2, 0.25) is 0 Å². The molecule has 5 heterocycles. The zero-order valence-corrected chi connectivity index (χ0v) is 21.1. The summed E-state index contributed by atoms with van der Waals surface area (Å²) < 4.78 is 36.6.